The van der Waals surface area contributed by atoms with Crippen LogP contribution in [0.2, 0.25) is 0 Å². The fourth-order valence-corrected chi connectivity index (χ4v) is 2.43. The van der Waals surface area contributed by atoms with E-state index in [0.29, 0.717) is 11.8 Å². The lowest BCUT2D eigenvalue weighted by molar-refractivity contribution is 0.531. The molecule has 0 saturated heterocycles. The maximum atomic E-state index is 9.14. The molecule has 0 aliphatic heterocycles. The number of fused-ring (bicyclic) bond motifs is 1. The molecule has 1 nitrogen and oxygen atoms in total. The first-order chi connectivity index (χ1) is 6.65. The Hall–Kier alpha value is -1.29. The van der Waals surface area contributed by atoms with E-state index in [9.17, 15) is 0 Å². The van der Waals surface area contributed by atoms with Gasteiger partial charge in [0.25, 0.3) is 0 Å². The Labute approximate surface area is 85.4 Å². The van der Waals surface area contributed by atoms with E-state index >= 15 is 0 Å². The van der Waals surface area contributed by atoms with Crippen LogP contribution in [0.1, 0.15) is 42.0 Å². The number of aryl methyl sites for hydroxylation is 1. The first-order valence-electron chi connectivity index (χ1n) is 5.17. The molecule has 0 unspecified atom stereocenters. The highest BCUT2D eigenvalue weighted by Gasteiger charge is 2.28. The van der Waals surface area contributed by atoms with E-state index in [1.54, 1.807) is 0 Å². The first-order valence-corrected chi connectivity index (χ1v) is 5.17. The number of rotatable bonds is 0. The van der Waals surface area contributed by atoms with Gasteiger partial charge in [-0.25, -0.2) is 0 Å². The van der Waals surface area contributed by atoms with Crippen molar-refractivity contribution >= 4 is 0 Å². The molecule has 0 radical (unpaired) electrons. The third kappa shape index (κ3) is 1.14. The monoisotopic (exact) mass is 185 g/mol. The normalized spacial score (nSPS) is 24.4. The van der Waals surface area contributed by atoms with Crippen LogP contribution in [-0.2, 0) is 6.42 Å². The van der Waals surface area contributed by atoms with Gasteiger partial charge < -0.3 is 0 Å². The Balaban J connectivity index is 2.66. The SMILES string of the molecule is Cc1ccc2c(c1C#N)[C@@H](C)[C@@H](C)C2. The topological polar surface area (TPSA) is 23.8 Å². The van der Waals surface area contributed by atoms with Gasteiger partial charge in [-0.05, 0) is 41.9 Å². The molecule has 0 spiro atoms. The van der Waals surface area contributed by atoms with E-state index in [1.165, 1.54) is 11.1 Å². The molecule has 1 aromatic rings. The predicted octanol–water partition coefficient (Wildman–Crippen LogP) is 3.16. The molecule has 1 aliphatic rings. The third-order valence-corrected chi connectivity index (χ3v) is 3.51. The summed E-state index contributed by atoms with van der Waals surface area (Å²) in [6.45, 7) is 6.52. The summed E-state index contributed by atoms with van der Waals surface area (Å²) < 4.78 is 0. The maximum Gasteiger partial charge on any atom is 0.0997 e. The van der Waals surface area contributed by atoms with Crippen LogP contribution in [0.5, 0.6) is 0 Å². The van der Waals surface area contributed by atoms with Crippen molar-refractivity contribution < 1.29 is 0 Å². The summed E-state index contributed by atoms with van der Waals surface area (Å²) >= 11 is 0. The second-order valence-corrected chi connectivity index (χ2v) is 4.41. The van der Waals surface area contributed by atoms with E-state index < -0.39 is 0 Å². The van der Waals surface area contributed by atoms with E-state index in [1.807, 2.05) is 6.92 Å². The van der Waals surface area contributed by atoms with Crippen LogP contribution >= 0.6 is 0 Å². The van der Waals surface area contributed by atoms with Gasteiger partial charge >= 0.3 is 0 Å². The van der Waals surface area contributed by atoms with E-state index in [0.717, 1.165) is 17.5 Å². The minimum Gasteiger partial charge on any atom is -0.192 e. The van der Waals surface area contributed by atoms with Gasteiger partial charge in [0.05, 0.1) is 11.6 Å². The van der Waals surface area contributed by atoms with Crippen molar-refractivity contribution in [2.45, 2.75) is 33.1 Å². The number of hydrogen-bond donors (Lipinski definition) is 0. The van der Waals surface area contributed by atoms with Gasteiger partial charge in [0.15, 0.2) is 0 Å². The van der Waals surface area contributed by atoms with E-state index in [2.05, 4.69) is 32.0 Å². The predicted molar refractivity (Wildman–Crippen MR) is 57.2 cm³/mol. The molecule has 14 heavy (non-hydrogen) atoms. The molecule has 2 atom stereocenters. The fourth-order valence-electron chi connectivity index (χ4n) is 2.43. The summed E-state index contributed by atoms with van der Waals surface area (Å²) in [5.74, 6) is 1.22. The highest BCUT2D eigenvalue weighted by molar-refractivity contribution is 5.52. The highest BCUT2D eigenvalue weighted by atomic mass is 14.3. The zero-order valence-electron chi connectivity index (χ0n) is 8.96. The minimum absolute atomic E-state index is 0.541. The second-order valence-electron chi connectivity index (χ2n) is 4.41. The van der Waals surface area contributed by atoms with E-state index in [-0.39, 0.29) is 0 Å². The summed E-state index contributed by atoms with van der Waals surface area (Å²) in [6, 6.07) is 6.60. The number of nitriles is 1. The van der Waals surface area contributed by atoms with Crippen LogP contribution in [0.25, 0.3) is 0 Å². The molecule has 0 heterocycles. The van der Waals surface area contributed by atoms with Crippen molar-refractivity contribution in [1.82, 2.24) is 0 Å². The minimum atomic E-state index is 0.541. The van der Waals surface area contributed by atoms with Crippen molar-refractivity contribution in [3.05, 3.63) is 34.4 Å². The van der Waals surface area contributed by atoms with Gasteiger partial charge in [0.1, 0.15) is 0 Å². The molecule has 0 saturated carbocycles. The van der Waals surface area contributed by atoms with Crippen LogP contribution < -0.4 is 0 Å². The summed E-state index contributed by atoms with van der Waals surface area (Å²) in [6.07, 6.45) is 1.13. The van der Waals surface area contributed by atoms with Crippen LogP contribution in [0.15, 0.2) is 12.1 Å². The van der Waals surface area contributed by atoms with E-state index in [4.69, 9.17) is 5.26 Å². The van der Waals surface area contributed by atoms with Crippen molar-refractivity contribution in [3.63, 3.8) is 0 Å². The molecule has 1 heteroatoms. The van der Waals surface area contributed by atoms with Crippen molar-refractivity contribution in [2.24, 2.45) is 5.92 Å². The molecule has 2 rings (SSSR count). The van der Waals surface area contributed by atoms with Gasteiger partial charge in [0.2, 0.25) is 0 Å². The fraction of sp³-hybridized carbons (Fsp3) is 0.462. The summed E-state index contributed by atoms with van der Waals surface area (Å²) in [5.41, 5.74) is 4.72. The zero-order valence-corrected chi connectivity index (χ0v) is 8.96. The lowest BCUT2D eigenvalue weighted by Crippen LogP contribution is -2.00. The Kier molecular flexibility index (Phi) is 2.07. The standard InChI is InChI=1S/C13H15N/c1-8-4-5-11-6-9(2)10(3)13(11)12(8)7-14/h4-5,9-10H,6H2,1-3H3/t9-,10-/m0/s1. The number of nitrogens with zero attached hydrogens (tertiary/aromatic N) is 1. The van der Waals surface area contributed by atoms with Crippen molar-refractivity contribution in [1.29, 1.82) is 5.26 Å². The summed E-state index contributed by atoms with van der Waals surface area (Å²) in [7, 11) is 0. The first kappa shape index (κ1) is 9.27. The molecule has 72 valence electrons. The van der Waals surface area contributed by atoms with Gasteiger partial charge in [0, 0.05) is 0 Å². The Morgan fingerprint density at radius 3 is 2.71 bits per heavy atom. The molecule has 1 aromatic carbocycles. The molecule has 0 aromatic heterocycles. The zero-order chi connectivity index (χ0) is 10.3. The Morgan fingerprint density at radius 1 is 1.36 bits per heavy atom. The van der Waals surface area contributed by atoms with Crippen LogP contribution in [0.4, 0.5) is 0 Å². The van der Waals surface area contributed by atoms with Gasteiger partial charge in [-0.2, -0.15) is 5.26 Å². The number of benzene rings is 1. The van der Waals surface area contributed by atoms with Gasteiger partial charge in [-0.3, -0.25) is 0 Å². The molecule has 1 aliphatic carbocycles. The van der Waals surface area contributed by atoms with Crippen LogP contribution in [0, 0.1) is 24.2 Å². The largest absolute Gasteiger partial charge is 0.192 e. The van der Waals surface area contributed by atoms with Crippen LogP contribution in [-0.4, -0.2) is 0 Å². The smallest absolute Gasteiger partial charge is 0.0997 e. The van der Waals surface area contributed by atoms with Gasteiger partial charge in [-0.1, -0.05) is 26.0 Å². The Bertz CT molecular complexity index is 412. The second kappa shape index (κ2) is 3.13. The molecule has 0 fully saturated rings. The molecule has 0 amide bonds. The van der Waals surface area contributed by atoms with Crippen LogP contribution in [0.3, 0.4) is 0 Å². The molecular weight excluding hydrogens is 170 g/mol. The van der Waals surface area contributed by atoms with Gasteiger partial charge in [-0.15, -0.1) is 0 Å². The van der Waals surface area contributed by atoms with Crippen molar-refractivity contribution in [3.8, 4) is 6.07 Å². The average molecular weight is 185 g/mol. The quantitative estimate of drug-likeness (QED) is 0.609. The number of hydrogen-bond acceptors (Lipinski definition) is 1. The highest BCUT2D eigenvalue weighted by Crippen LogP contribution is 2.39. The summed E-state index contributed by atoms with van der Waals surface area (Å²) in [5, 5.41) is 9.14. The third-order valence-electron chi connectivity index (χ3n) is 3.51. The lowest BCUT2D eigenvalue weighted by atomic mass is 9.91. The Morgan fingerprint density at radius 2 is 2.07 bits per heavy atom. The van der Waals surface area contributed by atoms with Crippen molar-refractivity contribution in [2.75, 3.05) is 0 Å². The summed E-state index contributed by atoms with van der Waals surface area (Å²) in [4.78, 5) is 0. The average Bonchev–Trinajstić information content (AvgIpc) is 2.45. The maximum absolute atomic E-state index is 9.14. The molecule has 0 N–H and O–H groups in total. The molecular formula is C13H15N. The molecule has 0 bridgehead atoms. The lowest BCUT2D eigenvalue weighted by Gasteiger charge is -2.12.